The summed E-state index contributed by atoms with van der Waals surface area (Å²) < 4.78 is 0. The van der Waals surface area contributed by atoms with E-state index in [0.717, 1.165) is 5.56 Å². The first-order valence-corrected chi connectivity index (χ1v) is 5.58. The van der Waals surface area contributed by atoms with Gasteiger partial charge in [-0.2, -0.15) is 0 Å². The highest BCUT2D eigenvalue weighted by Gasteiger charge is 2.14. The molecule has 0 bridgehead atoms. The molecular formula is C13H13N3O2. The van der Waals surface area contributed by atoms with Crippen molar-refractivity contribution in [3.05, 3.63) is 64.5 Å². The number of hydrogen-bond donors (Lipinski definition) is 1. The maximum atomic E-state index is 10.9. The minimum Gasteiger partial charge on any atom is -0.373 e. The van der Waals surface area contributed by atoms with E-state index >= 15 is 0 Å². The Balaban J connectivity index is 2.22. The highest BCUT2D eigenvalue weighted by molar-refractivity contribution is 5.61. The molecule has 0 aliphatic carbocycles. The molecule has 2 aromatic rings. The number of pyridine rings is 1. The van der Waals surface area contributed by atoms with Gasteiger partial charge < -0.3 is 5.32 Å². The summed E-state index contributed by atoms with van der Waals surface area (Å²) in [6, 6.07) is 10.3. The quantitative estimate of drug-likeness (QED) is 0.661. The number of para-hydroxylation sites is 2. The molecule has 0 amide bonds. The van der Waals surface area contributed by atoms with Crippen LogP contribution in [-0.4, -0.2) is 9.91 Å². The molecule has 92 valence electrons. The molecule has 0 saturated carbocycles. The number of nitrogens with one attached hydrogen (secondary N) is 1. The number of rotatable bonds is 4. The SMILES string of the molecule is C[C@H](Nc1ccccc1[N+](=O)[O-])c1cccnc1. The molecule has 0 spiro atoms. The molecule has 1 atom stereocenters. The topological polar surface area (TPSA) is 68.1 Å². The predicted molar refractivity (Wildman–Crippen MR) is 69.4 cm³/mol. The van der Waals surface area contributed by atoms with Crippen molar-refractivity contribution >= 4 is 11.4 Å². The third-order valence-corrected chi connectivity index (χ3v) is 2.66. The van der Waals surface area contributed by atoms with Crippen molar-refractivity contribution in [2.75, 3.05) is 5.32 Å². The van der Waals surface area contributed by atoms with Crippen LogP contribution < -0.4 is 5.32 Å². The average molecular weight is 243 g/mol. The summed E-state index contributed by atoms with van der Waals surface area (Å²) in [5.74, 6) is 0. The fraction of sp³-hybridized carbons (Fsp3) is 0.154. The van der Waals surface area contributed by atoms with Gasteiger partial charge in [-0.1, -0.05) is 18.2 Å². The standard InChI is InChI=1S/C13H13N3O2/c1-10(11-5-4-8-14-9-11)15-12-6-2-3-7-13(12)16(17)18/h2-10,15H,1H3/t10-/m0/s1. The Morgan fingerprint density at radius 2 is 2.06 bits per heavy atom. The average Bonchev–Trinajstić information content (AvgIpc) is 2.40. The lowest BCUT2D eigenvalue weighted by molar-refractivity contribution is -0.384. The third kappa shape index (κ3) is 2.63. The van der Waals surface area contributed by atoms with E-state index in [1.165, 1.54) is 6.07 Å². The third-order valence-electron chi connectivity index (χ3n) is 2.66. The molecule has 0 saturated heterocycles. The molecule has 1 aromatic carbocycles. The minimum absolute atomic E-state index is 0.0419. The fourth-order valence-corrected chi connectivity index (χ4v) is 1.70. The molecule has 0 fully saturated rings. The normalized spacial score (nSPS) is 11.8. The second kappa shape index (κ2) is 5.27. The van der Waals surface area contributed by atoms with Crippen molar-refractivity contribution in [1.29, 1.82) is 0 Å². The number of nitro groups is 1. The van der Waals surface area contributed by atoms with E-state index in [4.69, 9.17) is 0 Å². The summed E-state index contributed by atoms with van der Waals surface area (Å²) >= 11 is 0. The number of anilines is 1. The predicted octanol–water partition coefficient (Wildman–Crippen LogP) is 3.16. The lowest BCUT2D eigenvalue weighted by atomic mass is 10.1. The first-order chi connectivity index (χ1) is 8.68. The van der Waals surface area contributed by atoms with E-state index in [2.05, 4.69) is 10.3 Å². The van der Waals surface area contributed by atoms with Crippen molar-refractivity contribution < 1.29 is 4.92 Å². The van der Waals surface area contributed by atoms with E-state index in [1.54, 1.807) is 30.6 Å². The van der Waals surface area contributed by atoms with E-state index in [1.807, 2.05) is 19.1 Å². The molecule has 1 N–H and O–H groups in total. The zero-order valence-electron chi connectivity index (χ0n) is 9.91. The Kier molecular flexibility index (Phi) is 3.52. The van der Waals surface area contributed by atoms with Gasteiger partial charge in [-0.3, -0.25) is 15.1 Å². The van der Waals surface area contributed by atoms with E-state index in [0.29, 0.717) is 5.69 Å². The van der Waals surface area contributed by atoms with Crippen LogP contribution in [0.1, 0.15) is 18.5 Å². The van der Waals surface area contributed by atoms with Crippen LogP contribution in [-0.2, 0) is 0 Å². The number of aromatic nitrogens is 1. The van der Waals surface area contributed by atoms with Gasteiger partial charge in [0, 0.05) is 18.5 Å². The summed E-state index contributed by atoms with van der Waals surface area (Å²) in [5.41, 5.74) is 1.57. The van der Waals surface area contributed by atoms with Gasteiger partial charge in [-0.05, 0) is 24.6 Å². The Morgan fingerprint density at radius 3 is 2.72 bits per heavy atom. The van der Waals surface area contributed by atoms with Gasteiger partial charge >= 0.3 is 0 Å². The maximum absolute atomic E-state index is 10.9. The Labute approximate surface area is 105 Å². The first kappa shape index (κ1) is 12.0. The summed E-state index contributed by atoms with van der Waals surface area (Å²) in [7, 11) is 0. The molecule has 1 aromatic heterocycles. The highest BCUT2D eigenvalue weighted by atomic mass is 16.6. The van der Waals surface area contributed by atoms with Crippen molar-refractivity contribution in [2.45, 2.75) is 13.0 Å². The van der Waals surface area contributed by atoms with Crippen molar-refractivity contribution in [1.82, 2.24) is 4.98 Å². The van der Waals surface area contributed by atoms with Crippen LogP contribution in [0.5, 0.6) is 0 Å². The van der Waals surface area contributed by atoms with Gasteiger partial charge in [0.1, 0.15) is 5.69 Å². The highest BCUT2D eigenvalue weighted by Crippen LogP contribution is 2.27. The maximum Gasteiger partial charge on any atom is 0.292 e. The lowest BCUT2D eigenvalue weighted by Crippen LogP contribution is -2.08. The van der Waals surface area contributed by atoms with Crippen LogP contribution >= 0.6 is 0 Å². The minimum atomic E-state index is -0.391. The smallest absolute Gasteiger partial charge is 0.292 e. The summed E-state index contributed by atoms with van der Waals surface area (Å²) in [6.45, 7) is 1.94. The molecule has 0 aliphatic rings. The van der Waals surface area contributed by atoms with Crippen LogP contribution in [0.2, 0.25) is 0 Å². The Morgan fingerprint density at radius 1 is 1.28 bits per heavy atom. The van der Waals surface area contributed by atoms with Crippen molar-refractivity contribution in [3.63, 3.8) is 0 Å². The van der Waals surface area contributed by atoms with Gasteiger partial charge in [0.25, 0.3) is 5.69 Å². The molecule has 5 heteroatoms. The molecule has 0 unspecified atom stereocenters. The zero-order valence-corrected chi connectivity index (χ0v) is 9.91. The monoisotopic (exact) mass is 243 g/mol. The largest absolute Gasteiger partial charge is 0.373 e. The second-order valence-electron chi connectivity index (χ2n) is 3.93. The number of benzene rings is 1. The molecule has 5 nitrogen and oxygen atoms in total. The molecule has 0 aliphatic heterocycles. The second-order valence-corrected chi connectivity index (χ2v) is 3.93. The zero-order chi connectivity index (χ0) is 13.0. The van der Waals surface area contributed by atoms with Gasteiger partial charge in [0.15, 0.2) is 0 Å². The van der Waals surface area contributed by atoms with Gasteiger partial charge in [0.05, 0.1) is 11.0 Å². The molecule has 2 rings (SSSR count). The molecule has 18 heavy (non-hydrogen) atoms. The summed E-state index contributed by atoms with van der Waals surface area (Å²) in [4.78, 5) is 14.5. The summed E-state index contributed by atoms with van der Waals surface area (Å²) in [5, 5.41) is 14.0. The first-order valence-electron chi connectivity index (χ1n) is 5.58. The van der Waals surface area contributed by atoms with Crippen LogP contribution in [0.4, 0.5) is 11.4 Å². The molecule has 0 radical (unpaired) electrons. The summed E-state index contributed by atoms with van der Waals surface area (Å²) in [6.07, 6.45) is 3.44. The molecular weight excluding hydrogens is 230 g/mol. The van der Waals surface area contributed by atoms with Crippen molar-refractivity contribution in [2.24, 2.45) is 0 Å². The molecule has 1 heterocycles. The van der Waals surface area contributed by atoms with E-state index in [9.17, 15) is 10.1 Å². The van der Waals surface area contributed by atoms with Gasteiger partial charge in [-0.25, -0.2) is 0 Å². The Bertz CT molecular complexity index is 543. The van der Waals surface area contributed by atoms with E-state index in [-0.39, 0.29) is 11.7 Å². The van der Waals surface area contributed by atoms with E-state index < -0.39 is 4.92 Å². The van der Waals surface area contributed by atoms with Crippen molar-refractivity contribution in [3.8, 4) is 0 Å². The Hall–Kier alpha value is -2.43. The van der Waals surface area contributed by atoms with Crippen LogP contribution in [0.25, 0.3) is 0 Å². The van der Waals surface area contributed by atoms with Crippen LogP contribution in [0, 0.1) is 10.1 Å². The number of hydrogen-bond acceptors (Lipinski definition) is 4. The van der Waals surface area contributed by atoms with Gasteiger partial charge in [0.2, 0.25) is 0 Å². The van der Waals surface area contributed by atoms with Gasteiger partial charge in [-0.15, -0.1) is 0 Å². The lowest BCUT2D eigenvalue weighted by Gasteiger charge is -2.15. The van der Waals surface area contributed by atoms with Crippen LogP contribution in [0.15, 0.2) is 48.8 Å². The van der Waals surface area contributed by atoms with Crippen LogP contribution in [0.3, 0.4) is 0 Å². The fourth-order valence-electron chi connectivity index (χ4n) is 1.70. The number of nitrogens with zero attached hydrogens (tertiary/aromatic N) is 2. The number of nitro benzene ring substituents is 1.